The van der Waals surface area contributed by atoms with Crippen LogP contribution in [-0.4, -0.2) is 35.6 Å². The lowest BCUT2D eigenvalue weighted by Gasteiger charge is -2.06. The molecule has 3 N–H and O–H groups in total. The Kier molecular flexibility index (Phi) is 1.93. The van der Waals surface area contributed by atoms with Gasteiger partial charge in [0, 0.05) is 12.4 Å². The molecule has 10 heavy (non-hydrogen) atoms. The van der Waals surface area contributed by atoms with Gasteiger partial charge in [-0.25, -0.2) is 8.78 Å². The summed E-state index contributed by atoms with van der Waals surface area (Å²) in [5, 5.41) is 19.2. The monoisotopic (exact) mass is 151 g/mol. The molecule has 0 radical (unpaired) electrons. The molecule has 1 aliphatic rings. The van der Waals surface area contributed by atoms with Gasteiger partial charge in [0.15, 0.2) is 0 Å². The first kappa shape index (κ1) is 7.91. The summed E-state index contributed by atoms with van der Waals surface area (Å²) >= 11 is 0. The molecule has 0 aromatic carbocycles. The molecule has 1 aliphatic heterocycles. The van der Waals surface area contributed by atoms with Gasteiger partial charge in [-0.15, -0.1) is 0 Å². The van der Waals surface area contributed by atoms with Crippen LogP contribution in [0.25, 0.3) is 0 Å². The van der Waals surface area contributed by atoms with E-state index >= 15 is 0 Å². The number of hydrogen-bond donors (Lipinski definition) is 3. The van der Waals surface area contributed by atoms with Crippen molar-refractivity contribution in [3.05, 3.63) is 0 Å². The van der Waals surface area contributed by atoms with Gasteiger partial charge >= 0.3 is 7.12 Å². The van der Waals surface area contributed by atoms with Gasteiger partial charge < -0.3 is 15.4 Å². The molecular formula is C4H8BF2NO2. The average Bonchev–Trinajstić information content (AvgIpc) is 2.10. The minimum Gasteiger partial charge on any atom is -0.426 e. The fourth-order valence-electron chi connectivity index (χ4n) is 0.957. The Labute approximate surface area is 57.2 Å². The first-order chi connectivity index (χ1) is 4.51. The standard InChI is InChI=1S/C4H8BF2NO2/c6-4(7)1-3(5(9)10)8-2-4/h3,8-10H,1-2H2/t3-/m0/s1. The van der Waals surface area contributed by atoms with Crippen LogP contribution in [0.3, 0.4) is 0 Å². The summed E-state index contributed by atoms with van der Waals surface area (Å²) < 4.78 is 24.5. The highest BCUT2D eigenvalue weighted by atomic mass is 19.3. The van der Waals surface area contributed by atoms with E-state index in [1.807, 2.05) is 0 Å². The van der Waals surface area contributed by atoms with Crippen molar-refractivity contribution < 1.29 is 18.8 Å². The van der Waals surface area contributed by atoms with Crippen molar-refractivity contribution in [2.24, 2.45) is 0 Å². The average molecular weight is 151 g/mol. The minimum atomic E-state index is -2.78. The van der Waals surface area contributed by atoms with Crippen LogP contribution in [0, 0.1) is 0 Å². The van der Waals surface area contributed by atoms with Gasteiger partial charge in [0.1, 0.15) is 0 Å². The Balaban J connectivity index is 2.43. The molecule has 0 spiro atoms. The minimum absolute atomic E-state index is 0.463. The zero-order chi connectivity index (χ0) is 7.78. The Bertz CT molecular complexity index is 132. The summed E-state index contributed by atoms with van der Waals surface area (Å²) in [7, 11) is -1.69. The smallest absolute Gasteiger partial charge is 0.426 e. The van der Waals surface area contributed by atoms with Crippen molar-refractivity contribution in [1.29, 1.82) is 0 Å². The molecule has 0 unspecified atom stereocenters. The van der Waals surface area contributed by atoms with E-state index in [1.165, 1.54) is 0 Å². The van der Waals surface area contributed by atoms with Crippen molar-refractivity contribution >= 4 is 7.12 Å². The molecule has 0 bridgehead atoms. The second-order valence-corrected chi connectivity index (χ2v) is 2.46. The van der Waals surface area contributed by atoms with Crippen molar-refractivity contribution in [2.75, 3.05) is 6.54 Å². The lowest BCUT2D eigenvalue weighted by molar-refractivity contribution is 0.0221. The fraction of sp³-hybridized carbons (Fsp3) is 1.00. The summed E-state index contributed by atoms with van der Waals surface area (Å²) in [6, 6.07) is 0. The van der Waals surface area contributed by atoms with Crippen molar-refractivity contribution in [3.63, 3.8) is 0 Å². The van der Waals surface area contributed by atoms with Crippen molar-refractivity contribution in [1.82, 2.24) is 5.32 Å². The largest absolute Gasteiger partial charge is 0.469 e. The molecule has 1 heterocycles. The number of alkyl halides is 2. The lowest BCUT2D eigenvalue weighted by Crippen LogP contribution is -2.38. The van der Waals surface area contributed by atoms with Crippen LogP contribution in [0.2, 0.25) is 0 Å². The van der Waals surface area contributed by atoms with Gasteiger partial charge in [-0.1, -0.05) is 0 Å². The lowest BCUT2D eigenvalue weighted by atomic mass is 9.78. The summed E-state index contributed by atoms with van der Waals surface area (Å²) in [5.74, 6) is -3.66. The van der Waals surface area contributed by atoms with E-state index in [0.717, 1.165) is 0 Å². The highest BCUT2D eigenvalue weighted by Gasteiger charge is 2.43. The maximum atomic E-state index is 12.3. The third-order valence-electron chi connectivity index (χ3n) is 1.50. The molecular weight excluding hydrogens is 143 g/mol. The van der Waals surface area contributed by atoms with Gasteiger partial charge in [0.2, 0.25) is 0 Å². The molecule has 0 aromatic rings. The SMILES string of the molecule is OB(O)[C@@H]1CC(F)(F)CN1. The molecule has 6 heteroatoms. The Hall–Kier alpha value is -0.195. The van der Waals surface area contributed by atoms with Gasteiger partial charge in [0.25, 0.3) is 5.92 Å². The Morgan fingerprint density at radius 2 is 2.10 bits per heavy atom. The predicted molar refractivity (Wildman–Crippen MR) is 31.5 cm³/mol. The summed E-state index contributed by atoms with van der Waals surface area (Å²) in [6.07, 6.45) is -0.495. The van der Waals surface area contributed by atoms with Crippen molar-refractivity contribution in [2.45, 2.75) is 18.3 Å². The quantitative estimate of drug-likeness (QED) is 0.421. The molecule has 0 saturated carbocycles. The van der Waals surface area contributed by atoms with Crippen LogP contribution in [0.4, 0.5) is 8.78 Å². The summed E-state index contributed by atoms with van der Waals surface area (Å²) in [4.78, 5) is 0. The van der Waals surface area contributed by atoms with Gasteiger partial charge in [0.05, 0.1) is 6.54 Å². The van der Waals surface area contributed by atoms with Gasteiger partial charge in [-0.2, -0.15) is 0 Å². The van der Waals surface area contributed by atoms with Crippen LogP contribution in [0.5, 0.6) is 0 Å². The number of halogens is 2. The molecule has 0 amide bonds. The van der Waals surface area contributed by atoms with Crippen LogP contribution in [0.15, 0.2) is 0 Å². The van der Waals surface area contributed by atoms with Gasteiger partial charge in [-0.3, -0.25) is 0 Å². The van der Waals surface area contributed by atoms with E-state index in [9.17, 15) is 8.78 Å². The first-order valence-corrected chi connectivity index (χ1v) is 2.99. The highest BCUT2D eigenvalue weighted by molar-refractivity contribution is 6.43. The predicted octanol–water partition coefficient (Wildman–Crippen LogP) is -1.00. The molecule has 1 saturated heterocycles. The van der Waals surface area contributed by atoms with Crippen LogP contribution < -0.4 is 5.32 Å². The number of hydrogen-bond acceptors (Lipinski definition) is 3. The normalized spacial score (nSPS) is 30.6. The van der Waals surface area contributed by atoms with E-state index in [1.54, 1.807) is 0 Å². The van der Waals surface area contributed by atoms with E-state index in [-0.39, 0.29) is 0 Å². The fourth-order valence-corrected chi connectivity index (χ4v) is 0.957. The van der Waals surface area contributed by atoms with Crippen LogP contribution in [0.1, 0.15) is 6.42 Å². The second kappa shape index (κ2) is 2.45. The van der Waals surface area contributed by atoms with Crippen molar-refractivity contribution in [3.8, 4) is 0 Å². The summed E-state index contributed by atoms with van der Waals surface area (Å²) in [6.45, 7) is -0.463. The maximum Gasteiger partial charge on any atom is 0.469 e. The highest BCUT2D eigenvalue weighted by Crippen LogP contribution is 2.25. The molecule has 1 fully saturated rings. The van der Waals surface area contributed by atoms with E-state index in [4.69, 9.17) is 10.0 Å². The molecule has 3 nitrogen and oxygen atoms in total. The zero-order valence-electron chi connectivity index (χ0n) is 5.22. The number of rotatable bonds is 1. The topological polar surface area (TPSA) is 52.5 Å². The Morgan fingerprint density at radius 3 is 2.30 bits per heavy atom. The summed E-state index contributed by atoms with van der Waals surface area (Å²) in [5.41, 5.74) is 0. The second-order valence-electron chi connectivity index (χ2n) is 2.46. The van der Waals surface area contributed by atoms with E-state index in [0.29, 0.717) is 0 Å². The molecule has 0 aliphatic carbocycles. The molecule has 1 atom stereocenters. The third-order valence-corrected chi connectivity index (χ3v) is 1.50. The zero-order valence-corrected chi connectivity index (χ0v) is 5.22. The Morgan fingerprint density at radius 1 is 1.50 bits per heavy atom. The third kappa shape index (κ3) is 1.65. The molecule has 0 aromatic heterocycles. The van der Waals surface area contributed by atoms with Gasteiger partial charge in [-0.05, 0) is 0 Å². The van der Waals surface area contributed by atoms with E-state index in [2.05, 4.69) is 5.32 Å². The maximum absolute atomic E-state index is 12.3. The van der Waals surface area contributed by atoms with E-state index < -0.39 is 31.9 Å². The molecule has 58 valence electrons. The van der Waals surface area contributed by atoms with Crippen LogP contribution in [-0.2, 0) is 0 Å². The number of nitrogens with one attached hydrogen (secondary N) is 1. The molecule has 1 rings (SSSR count). The first-order valence-electron chi connectivity index (χ1n) is 2.99. The van der Waals surface area contributed by atoms with Crippen LogP contribution >= 0.6 is 0 Å².